The van der Waals surface area contributed by atoms with Gasteiger partial charge in [-0.3, -0.25) is 0 Å². The SMILES string of the molecule is CC(CNC(C)(C)C)Oc1cccc(C(C)(C)C)c1. The number of rotatable bonds is 4. The molecule has 2 heteroatoms. The molecule has 0 aromatic heterocycles. The zero-order valence-corrected chi connectivity index (χ0v) is 13.5. The van der Waals surface area contributed by atoms with E-state index in [0.29, 0.717) is 0 Å². The van der Waals surface area contributed by atoms with Gasteiger partial charge in [-0.05, 0) is 50.8 Å². The van der Waals surface area contributed by atoms with Gasteiger partial charge in [-0.15, -0.1) is 0 Å². The highest BCUT2D eigenvalue weighted by atomic mass is 16.5. The first-order valence-electron chi connectivity index (χ1n) is 7.10. The van der Waals surface area contributed by atoms with E-state index in [2.05, 4.69) is 72.0 Å². The Bertz CT molecular complexity index is 398. The van der Waals surface area contributed by atoms with Crippen LogP contribution in [0.5, 0.6) is 5.75 Å². The number of hydrogen-bond donors (Lipinski definition) is 1. The van der Waals surface area contributed by atoms with Crippen LogP contribution < -0.4 is 10.1 Å². The van der Waals surface area contributed by atoms with E-state index in [4.69, 9.17) is 4.74 Å². The Morgan fingerprint density at radius 1 is 1.11 bits per heavy atom. The third-order valence-corrected chi connectivity index (χ3v) is 2.96. The van der Waals surface area contributed by atoms with E-state index in [0.717, 1.165) is 12.3 Å². The van der Waals surface area contributed by atoms with E-state index >= 15 is 0 Å². The van der Waals surface area contributed by atoms with Crippen molar-refractivity contribution in [2.45, 2.75) is 65.5 Å². The van der Waals surface area contributed by atoms with Crippen LogP contribution in [0.2, 0.25) is 0 Å². The van der Waals surface area contributed by atoms with Crippen molar-refractivity contribution in [3.8, 4) is 5.75 Å². The van der Waals surface area contributed by atoms with Crippen LogP contribution in [0.25, 0.3) is 0 Å². The van der Waals surface area contributed by atoms with Crippen molar-refractivity contribution in [1.29, 1.82) is 0 Å². The van der Waals surface area contributed by atoms with Gasteiger partial charge in [0, 0.05) is 12.1 Å². The van der Waals surface area contributed by atoms with Crippen molar-refractivity contribution < 1.29 is 4.74 Å². The average molecular weight is 263 g/mol. The summed E-state index contributed by atoms with van der Waals surface area (Å²) in [5.41, 5.74) is 1.60. The molecular formula is C17H29NO. The first-order chi connectivity index (χ1) is 8.58. The Morgan fingerprint density at radius 3 is 2.26 bits per heavy atom. The fourth-order valence-corrected chi connectivity index (χ4v) is 1.76. The highest BCUT2D eigenvalue weighted by Gasteiger charge is 2.15. The van der Waals surface area contributed by atoms with Gasteiger partial charge < -0.3 is 10.1 Å². The molecule has 0 fully saturated rings. The zero-order chi connectivity index (χ0) is 14.7. The minimum atomic E-state index is 0.130. The fourth-order valence-electron chi connectivity index (χ4n) is 1.76. The van der Waals surface area contributed by atoms with Gasteiger partial charge in [0.2, 0.25) is 0 Å². The predicted molar refractivity (Wildman–Crippen MR) is 83.0 cm³/mol. The smallest absolute Gasteiger partial charge is 0.120 e. The van der Waals surface area contributed by atoms with Crippen LogP contribution >= 0.6 is 0 Å². The van der Waals surface area contributed by atoms with E-state index in [1.54, 1.807) is 0 Å². The molecule has 108 valence electrons. The highest BCUT2D eigenvalue weighted by Crippen LogP contribution is 2.26. The lowest BCUT2D eigenvalue weighted by molar-refractivity contribution is 0.203. The molecule has 1 N–H and O–H groups in total. The van der Waals surface area contributed by atoms with E-state index in [1.807, 2.05) is 6.07 Å². The number of nitrogens with one attached hydrogen (secondary N) is 1. The van der Waals surface area contributed by atoms with Crippen LogP contribution in [0.3, 0.4) is 0 Å². The number of ether oxygens (including phenoxy) is 1. The van der Waals surface area contributed by atoms with Crippen LogP contribution in [0.15, 0.2) is 24.3 Å². The molecular weight excluding hydrogens is 234 g/mol. The molecule has 0 aliphatic carbocycles. The van der Waals surface area contributed by atoms with Gasteiger partial charge in [0.1, 0.15) is 11.9 Å². The molecule has 0 amide bonds. The molecule has 0 aliphatic heterocycles. The summed E-state index contributed by atoms with van der Waals surface area (Å²) in [4.78, 5) is 0. The number of benzene rings is 1. The second-order valence-electron chi connectivity index (χ2n) is 7.34. The summed E-state index contributed by atoms with van der Waals surface area (Å²) in [5, 5.41) is 3.46. The normalized spacial score (nSPS) is 14.3. The summed E-state index contributed by atoms with van der Waals surface area (Å²) in [6.45, 7) is 16.1. The van der Waals surface area contributed by atoms with Gasteiger partial charge in [0.25, 0.3) is 0 Å². The summed E-state index contributed by atoms with van der Waals surface area (Å²) in [6, 6.07) is 8.40. The molecule has 0 aliphatic rings. The van der Waals surface area contributed by atoms with E-state index in [9.17, 15) is 0 Å². The molecule has 1 aromatic carbocycles. The minimum Gasteiger partial charge on any atom is -0.489 e. The maximum Gasteiger partial charge on any atom is 0.120 e. The molecule has 0 spiro atoms. The summed E-state index contributed by atoms with van der Waals surface area (Å²) < 4.78 is 5.98. The third kappa shape index (κ3) is 6.11. The third-order valence-electron chi connectivity index (χ3n) is 2.96. The molecule has 0 radical (unpaired) electrons. The van der Waals surface area contributed by atoms with E-state index < -0.39 is 0 Å². The Labute approximate surface area is 118 Å². The average Bonchev–Trinajstić information content (AvgIpc) is 2.25. The van der Waals surface area contributed by atoms with Crippen LogP contribution in [-0.4, -0.2) is 18.2 Å². The van der Waals surface area contributed by atoms with Gasteiger partial charge in [-0.25, -0.2) is 0 Å². The Balaban J connectivity index is 2.62. The van der Waals surface area contributed by atoms with Crippen LogP contribution in [-0.2, 0) is 5.41 Å². The monoisotopic (exact) mass is 263 g/mol. The lowest BCUT2D eigenvalue weighted by Gasteiger charge is -2.25. The summed E-state index contributed by atoms with van der Waals surface area (Å²) in [5.74, 6) is 0.954. The van der Waals surface area contributed by atoms with Crippen molar-refractivity contribution in [2.75, 3.05) is 6.54 Å². The second kappa shape index (κ2) is 5.96. The lowest BCUT2D eigenvalue weighted by Crippen LogP contribution is -2.41. The highest BCUT2D eigenvalue weighted by molar-refractivity contribution is 5.32. The first kappa shape index (κ1) is 16.0. The summed E-state index contributed by atoms with van der Waals surface area (Å²) >= 11 is 0. The van der Waals surface area contributed by atoms with Crippen molar-refractivity contribution in [3.05, 3.63) is 29.8 Å². The molecule has 1 unspecified atom stereocenters. The first-order valence-corrected chi connectivity index (χ1v) is 7.10. The minimum absolute atomic E-state index is 0.130. The number of hydrogen-bond acceptors (Lipinski definition) is 2. The van der Waals surface area contributed by atoms with Crippen molar-refractivity contribution in [3.63, 3.8) is 0 Å². The van der Waals surface area contributed by atoms with Crippen LogP contribution in [0.4, 0.5) is 0 Å². The van der Waals surface area contributed by atoms with E-state index in [1.165, 1.54) is 5.56 Å². The van der Waals surface area contributed by atoms with Gasteiger partial charge in [-0.1, -0.05) is 32.9 Å². The Kier molecular flexibility index (Phi) is 5.03. The summed E-state index contributed by atoms with van der Waals surface area (Å²) in [7, 11) is 0. The molecule has 1 rings (SSSR count). The molecule has 0 saturated carbocycles. The molecule has 1 atom stereocenters. The lowest BCUT2D eigenvalue weighted by atomic mass is 9.87. The van der Waals surface area contributed by atoms with Gasteiger partial charge in [0.05, 0.1) is 0 Å². The molecule has 0 heterocycles. The predicted octanol–water partition coefficient (Wildman–Crippen LogP) is 4.14. The topological polar surface area (TPSA) is 21.3 Å². The Hall–Kier alpha value is -1.02. The standard InChI is InChI=1S/C17H29NO/c1-13(12-18-17(5,6)7)19-15-10-8-9-14(11-15)16(2,3)4/h8-11,13,18H,12H2,1-7H3. The van der Waals surface area contributed by atoms with Crippen molar-refractivity contribution >= 4 is 0 Å². The van der Waals surface area contributed by atoms with Gasteiger partial charge in [-0.2, -0.15) is 0 Å². The molecule has 0 saturated heterocycles. The molecule has 19 heavy (non-hydrogen) atoms. The van der Waals surface area contributed by atoms with Crippen LogP contribution in [0.1, 0.15) is 54.0 Å². The molecule has 1 aromatic rings. The quantitative estimate of drug-likeness (QED) is 0.881. The largest absolute Gasteiger partial charge is 0.489 e. The summed E-state index contributed by atoms with van der Waals surface area (Å²) in [6.07, 6.45) is 0.162. The Morgan fingerprint density at radius 2 is 1.74 bits per heavy atom. The van der Waals surface area contributed by atoms with Crippen molar-refractivity contribution in [2.24, 2.45) is 0 Å². The van der Waals surface area contributed by atoms with Crippen molar-refractivity contribution in [1.82, 2.24) is 5.32 Å². The van der Waals surface area contributed by atoms with Gasteiger partial charge in [0.15, 0.2) is 0 Å². The molecule has 2 nitrogen and oxygen atoms in total. The fraction of sp³-hybridized carbons (Fsp3) is 0.647. The van der Waals surface area contributed by atoms with Crippen LogP contribution in [0, 0.1) is 0 Å². The zero-order valence-electron chi connectivity index (χ0n) is 13.5. The van der Waals surface area contributed by atoms with Gasteiger partial charge >= 0.3 is 0 Å². The van der Waals surface area contributed by atoms with E-state index in [-0.39, 0.29) is 17.1 Å². The maximum atomic E-state index is 5.98. The molecule has 0 bridgehead atoms. The second-order valence-corrected chi connectivity index (χ2v) is 7.34. The maximum absolute atomic E-state index is 5.98.